The van der Waals surface area contributed by atoms with Crippen molar-refractivity contribution in [2.75, 3.05) is 31.3 Å². The van der Waals surface area contributed by atoms with Crippen LogP contribution in [0.4, 0.5) is 0 Å². The van der Waals surface area contributed by atoms with Crippen LogP contribution in [0.2, 0.25) is 0 Å². The Hall–Kier alpha value is -1.63. The molecule has 1 fully saturated rings. The van der Waals surface area contributed by atoms with Gasteiger partial charge in [0.05, 0.1) is 31.5 Å². The van der Waals surface area contributed by atoms with E-state index in [9.17, 15) is 19.0 Å². The summed E-state index contributed by atoms with van der Waals surface area (Å²) in [6.45, 7) is 6.08. The van der Waals surface area contributed by atoms with Crippen LogP contribution in [0, 0.1) is 6.92 Å². The second-order valence-electron chi connectivity index (χ2n) is 13.4. The number of rotatable bonds is 31. The molecule has 5 atom stereocenters. The highest BCUT2D eigenvalue weighted by atomic mass is 32.2. The highest BCUT2D eigenvalue weighted by Gasteiger charge is 2.38. The lowest BCUT2D eigenvalue weighted by Crippen LogP contribution is -2.33. The van der Waals surface area contributed by atoms with Gasteiger partial charge < -0.3 is 14.4 Å². The molecule has 0 aliphatic carbocycles. The molecule has 15 heteroatoms. The Morgan fingerprint density at radius 3 is 2.16 bits per heavy atom. The first-order valence-corrected chi connectivity index (χ1v) is 21.7. The van der Waals surface area contributed by atoms with Gasteiger partial charge in [0.15, 0.2) is 0 Å². The van der Waals surface area contributed by atoms with Gasteiger partial charge in [-0.05, 0) is 31.0 Å². The minimum Gasteiger partial charge on any atom is -0.375 e. The quantitative estimate of drug-likeness (QED) is 0.0247. The monoisotopic (exact) mass is 745 g/mol. The Morgan fingerprint density at radius 1 is 0.980 bits per heavy atom. The lowest BCUT2D eigenvalue weighted by Gasteiger charge is -2.21. The molecule has 0 radical (unpaired) electrons. The molecule has 2 heterocycles. The number of nitrogens with zero attached hydrogens (tertiary/aromatic N) is 4. The van der Waals surface area contributed by atoms with E-state index in [1.54, 1.807) is 18.7 Å². The van der Waals surface area contributed by atoms with E-state index in [2.05, 4.69) is 28.9 Å². The maximum absolute atomic E-state index is 12.9. The number of azide groups is 1. The van der Waals surface area contributed by atoms with E-state index in [1.165, 1.54) is 107 Å². The number of phosphoric ester groups is 1. The van der Waals surface area contributed by atoms with Crippen molar-refractivity contribution in [3.05, 3.63) is 43.0 Å². The highest BCUT2D eigenvalue weighted by Crippen LogP contribution is 2.45. The third-order valence-corrected chi connectivity index (χ3v) is 11.1. The van der Waals surface area contributed by atoms with Crippen LogP contribution in [-0.4, -0.2) is 64.0 Å². The lowest BCUT2D eigenvalue weighted by molar-refractivity contribution is -0.0315. The van der Waals surface area contributed by atoms with Gasteiger partial charge in [0.25, 0.3) is 5.56 Å². The van der Waals surface area contributed by atoms with Gasteiger partial charge >= 0.3 is 13.5 Å². The molecule has 0 spiro atoms. The Labute approximate surface area is 303 Å². The van der Waals surface area contributed by atoms with Crippen LogP contribution in [-0.2, 0) is 23.1 Å². The Bertz CT molecular complexity index is 1260. The average molecular weight is 746 g/mol. The van der Waals surface area contributed by atoms with E-state index < -0.39 is 44.1 Å². The summed E-state index contributed by atoms with van der Waals surface area (Å²) < 4.78 is 36.8. The number of thioether (sulfide) groups is 1. The zero-order valence-electron chi connectivity index (χ0n) is 30.8. The number of unbranched alkanes of at least 4 members (excludes halogenated alkanes) is 16. The number of aromatic nitrogens is 2. The number of aryl methyl sites for hydroxylation is 1. The summed E-state index contributed by atoms with van der Waals surface area (Å²) >= 11 is 1.78. The molecule has 288 valence electrons. The summed E-state index contributed by atoms with van der Waals surface area (Å²) in [6.07, 6.45) is 21.8. The number of hydrogen-bond donors (Lipinski definition) is 2. The molecule has 1 saturated heterocycles. The predicted molar refractivity (Wildman–Crippen MR) is 201 cm³/mol. The number of phosphoric acid groups is 1. The molecule has 50 heavy (non-hydrogen) atoms. The van der Waals surface area contributed by atoms with Gasteiger partial charge in [-0.2, -0.15) is 11.8 Å². The third-order valence-electron chi connectivity index (χ3n) is 8.98. The van der Waals surface area contributed by atoms with E-state index in [1.807, 2.05) is 0 Å². The topological polar surface area (TPSA) is 178 Å². The second kappa shape index (κ2) is 27.0. The van der Waals surface area contributed by atoms with Crippen molar-refractivity contribution in [3.63, 3.8) is 0 Å². The molecule has 1 aromatic rings. The molecule has 2 N–H and O–H groups in total. The summed E-state index contributed by atoms with van der Waals surface area (Å²) in [5, 5.41) is 3.74. The van der Waals surface area contributed by atoms with E-state index in [0.717, 1.165) is 25.0 Å². The fourth-order valence-corrected chi connectivity index (χ4v) is 7.74. The van der Waals surface area contributed by atoms with Crippen LogP contribution in [0.15, 0.2) is 20.9 Å². The highest BCUT2D eigenvalue weighted by molar-refractivity contribution is 7.99. The van der Waals surface area contributed by atoms with Crippen molar-refractivity contribution in [2.24, 2.45) is 5.11 Å². The third kappa shape index (κ3) is 19.3. The average Bonchev–Trinajstić information content (AvgIpc) is 3.49. The van der Waals surface area contributed by atoms with Crippen LogP contribution >= 0.6 is 19.6 Å². The summed E-state index contributed by atoms with van der Waals surface area (Å²) in [7, 11) is -4.51. The van der Waals surface area contributed by atoms with Crippen molar-refractivity contribution in [1.29, 1.82) is 0 Å². The SMILES string of the molecule is CCCCCCCCCCCCSC[C@@H](COP(=O)(O)OC[C@H]1O[C@@H](n2cc(C)c(=O)[nH]c2=O)C[C@H]1N=[N+]=[N-])OCCCCCCCCCC. The number of hydrogen-bond acceptors (Lipinski definition) is 9. The smallest absolute Gasteiger partial charge is 0.375 e. The van der Waals surface area contributed by atoms with Crippen LogP contribution in [0.5, 0.6) is 0 Å². The lowest BCUT2D eigenvalue weighted by atomic mass is 10.1. The van der Waals surface area contributed by atoms with Crippen molar-refractivity contribution in [1.82, 2.24) is 9.55 Å². The molecule has 1 aliphatic rings. The number of H-pyrrole nitrogens is 1. The molecule has 0 bridgehead atoms. The zero-order chi connectivity index (χ0) is 36.5. The van der Waals surface area contributed by atoms with Gasteiger partial charge in [0, 0.05) is 35.5 Å². The maximum atomic E-state index is 12.9. The van der Waals surface area contributed by atoms with Gasteiger partial charge in [-0.25, -0.2) is 9.36 Å². The van der Waals surface area contributed by atoms with Crippen molar-refractivity contribution in [2.45, 2.75) is 167 Å². The first-order chi connectivity index (χ1) is 24.2. The zero-order valence-corrected chi connectivity index (χ0v) is 32.5. The van der Waals surface area contributed by atoms with Crippen LogP contribution < -0.4 is 11.2 Å². The molecule has 0 aromatic carbocycles. The fraction of sp³-hybridized carbons (Fsp3) is 0.886. The van der Waals surface area contributed by atoms with Crippen LogP contribution in [0.3, 0.4) is 0 Å². The Balaban J connectivity index is 1.81. The molecule has 13 nitrogen and oxygen atoms in total. The van der Waals surface area contributed by atoms with Crippen molar-refractivity contribution >= 4 is 19.6 Å². The number of ether oxygens (including phenoxy) is 2. The van der Waals surface area contributed by atoms with E-state index in [4.69, 9.17) is 24.1 Å². The predicted octanol–water partition coefficient (Wildman–Crippen LogP) is 9.13. The maximum Gasteiger partial charge on any atom is 0.472 e. The first-order valence-electron chi connectivity index (χ1n) is 19.0. The van der Waals surface area contributed by atoms with E-state index in [0.29, 0.717) is 17.9 Å². The summed E-state index contributed by atoms with van der Waals surface area (Å²) in [5.41, 5.74) is 8.19. The molecular formula is C35H64N5O8PS. The molecule has 0 saturated carbocycles. The van der Waals surface area contributed by atoms with E-state index in [-0.39, 0.29) is 19.1 Å². The van der Waals surface area contributed by atoms with Crippen LogP contribution in [0.25, 0.3) is 10.4 Å². The Morgan fingerprint density at radius 2 is 1.56 bits per heavy atom. The van der Waals surface area contributed by atoms with Gasteiger partial charge in [0.1, 0.15) is 6.23 Å². The minimum absolute atomic E-state index is 0.101. The molecular weight excluding hydrogens is 681 g/mol. The van der Waals surface area contributed by atoms with Gasteiger partial charge in [0.2, 0.25) is 0 Å². The van der Waals surface area contributed by atoms with Crippen molar-refractivity contribution in [3.8, 4) is 0 Å². The van der Waals surface area contributed by atoms with E-state index >= 15 is 0 Å². The van der Waals surface area contributed by atoms with Crippen LogP contribution in [0.1, 0.15) is 148 Å². The number of aromatic amines is 1. The molecule has 1 aliphatic heterocycles. The first kappa shape index (κ1) is 44.5. The van der Waals surface area contributed by atoms with Gasteiger partial charge in [-0.1, -0.05) is 122 Å². The Kier molecular flexibility index (Phi) is 24.1. The summed E-state index contributed by atoms with van der Waals surface area (Å²) in [5.74, 6) is 1.65. The number of nitrogens with one attached hydrogen (secondary N) is 1. The normalized spacial score (nSPS) is 19.3. The minimum atomic E-state index is -4.51. The van der Waals surface area contributed by atoms with Gasteiger partial charge in [-0.15, -0.1) is 0 Å². The molecule has 2 rings (SSSR count). The summed E-state index contributed by atoms with van der Waals surface area (Å²) in [4.78, 5) is 39.8. The molecule has 0 amide bonds. The molecule has 1 unspecified atom stereocenters. The largest absolute Gasteiger partial charge is 0.472 e. The standard InChI is InChI=1S/C35H64N5O8PS/c1-4-6-8-10-12-14-15-17-19-21-23-50-28-30(45-22-20-18-16-13-11-9-7-5-2)26-46-49(43,44)47-27-32-31(38-39-36)24-33(48-32)40-25-29(3)34(41)37-35(40)42/h25,30-33H,4-24,26-28H2,1-3H3,(H,43,44)(H,37,41,42)/t30-,31-,32-,33-/m1/s1. The van der Waals surface area contributed by atoms with Crippen molar-refractivity contribution < 1.29 is 28.0 Å². The fourth-order valence-electron chi connectivity index (χ4n) is 5.94. The van der Waals surface area contributed by atoms with Gasteiger partial charge in [-0.3, -0.25) is 23.4 Å². The second-order valence-corrected chi connectivity index (χ2v) is 16.0. The molecule has 1 aromatic heterocycles. The summed E-state index contributed by atoms with van der Waals surface area (Å²) in [6, 6.07) is -0.769.